The molecule has 0 atom stereocenters. The molecule has 0 aliphatic heterocycles. The third-order valence-electron chi connectivity index (χ3n) is 8.53. The van der Waals surface area contributed by atoms with E-state index in [4.69, 9.17) is 9.47 Å². The highest BCUT2D eigenvalue weighted by atomic mass is 16.5. The van der Waals surface area contributed by atoms with E-state index in [0.717, 1.165) is 77.5 Å². The molecule has 7 nitrogen and oxygen atoms in total. The van der Waals surface area contributed by atoms with Crippen LogP contribution in [-0.4, -0.2) is 75.3 Å². The van der Waals surface area contributed by atoms with E-state index in [-0.39, 0.29) is 11.9 Å². The minimum Gasteiger partial charge on any atom is -0.466 e. The van der Waals surface area contributed by atoms with E-state index in [1.807, 2.05) is 0 Å². The van der Waals surface area contributed by atoms with Gasteiger partial charge in [-0.25, -0.2) is 5.01 Å². The molecule has 0 saturated carbocycles. The van der Waals surface area contributed by atoms with Crippen LogP contribution in [0, 0.1) is 0 Å². The van der Waals surface area contributed by atoms with Crippen LogP contribution >= 0.6 is 0 Å². The molecule has 0 unspecified atom stereocenters. The summed E-state index contributed by atoms with van der Waals surface area (Å²) in [6.45, 7) is 9.80. The summed E-state index contributed by atoms with van der Waals surface area (Å²) < 4.78 is 10.9. The third kappa shape index (κ3) is 35.5. The van der Waals surface area contributed by atoms with Gasteiger partial charge in [-0.2, -0.15) is 0 Å². The third-order valence-corrected chi connectivity index (χ3v) is 8.53. The zero-order valence-corrected chi connectivity index (χ0v) is 30.7. The van der Waals surface area contributed by atoms with Gasteiger partial charge < -0.3 is 14.4 Å². The summed E-state index contributed by atoms with van der Waals surface area (Å²) in [4.78, 5) is 26.1. The molecule has 0 bridgehead atoms. The summed E-state index contributed by atoms with van der Waals surface area (Å²) in [5, 5.41) is 2.42. The van der Waals surface area contributed by atoms with Crippen LogP contribution in [0.1, 0.15) is 181 Å². The largest absolute Gasteiger partial charge is 0.466 e. The maximum absolute atomic E-state index is 11.9. The molecule has 0 aromatic heterocycles. The number of likely N-dealkylation sites (N-methyl/N-ethyl adjacent to an activating group) is 1. The van der Waals surface area contributed by atoms with Gasteiger partial charge in [-0.05, 0) is 52.6 Å². The lowest BCUT2D eigenvalue weighted by molar-refractivity contribution is -0.144. The standard InChI is InChI=1S/C38H77N3O4/c1-5-7-9-11-13-17-23-29-37(42)44-35-27-21-15-19-25-32-41(39-31-34-40(3)4)33-26-20-16-22-28-36-45-38(43)30-24-18-14-12-10-8-6-2/h39H,5-36H2,1-4H3. The van der Waals surface area contributed by atoms with Gasteiger partial charge in [0.25, 0.3) is 0 Å². The van der Waals surface area contributed by atoms with E-state index in [1.54, 1.807) is 0 Å². The van der Waals surface area contributed by atoms with Gasteiger partial charge in [0.05, 0.1) is 13.2 Å². The van der Waals surface area contributed by atoms with Gasteiger partial charge in [0.2, 0.25) is 0 Å². The van der Waals surface area contributed by atoms with Crippen LogP contribution in [0.4, 0.5) is 0 Å². The molecule has 0 aliphatic carbocycles. The second kappa shape index (κ2) is 35.7. The fraction of sp³-hybridized carbons (Fsp3) is 0.947. The molecular weight excluding hydrogens is 562 g/mol. The van der Waals surface area contributed by atoms with Crippen molar-refractivity contribution in [2.75, 3.05) is 53.5 Å². The molecule has 0 aliphatic rings. The molecule has 0 amide bonds. The Labute approximate surface area is 280 Å². The number of carbonyl (C=O) groups is 2. The Morgan fingerprint density at radius 3 is 1.22 bits per heavy atom. The summed E-state index contributed by atoms with van der Waals surface area (Å²) in [6, 6.07) is 0. The Morgan fingerprint density at radius 2 is 0.822 bits per heavy atom. The maximum atomic E-state index is 11.9. The van der Waals surface area contributed by atoms with Crippen molar-refractivity contribution in [3.8, 4) is 0 Å². The summed E-state index contributed by atoms with van der Waals surface area (Å²) in [5.74, 6) is -0.0268. The first-order valence-electron chi connectivity index (χ1n) is 19.4. The molecule has 7 heteroatoms. The lowest BCUT2D eigenvalue weighted by atomic mass is 10.1. The van der Waals surface area contributed by atoms with Crippen molar-refractivity contribution in [2.24, 2.45) is 0 Å². The number of nitrogens with zero attached hydrogens (tertiary/aromatic N) is 2. The first kappa shape index (κ1) is 43.8. The summed E-state index contributed by atoms with van der Waals surface area (Å²) in [6.07, 6.45) is 29.8. The molecule has 0 radical (unpaired) electrons. The Bertz CT molecular complexity index is 586. The van der Waals surface area contributed by atoms with Gasteiger partial charge in [0.15, 0.2) is 0 Å². The van der Waals surface area contributed by atoms with Crippen LogP contribution in [0.15, 0.2) is 0 Å². The predicted octanol–water partition coefficient (Wildman–Crippen LogP) is 9.62. The second-order valence-electron chi connectivity index (χ2n) is 13.4. The minimum absolute atomic E-state index is 0.0134. The van der Waals surface area contributed by atoms with E-state index < -0.39 is 0 Å². The van der Waals surface area contributed by atoms with Crippen LogP contribution in [0.5, 0.6) is 0 Å². The van der Waals surface area contributed by atoms with E-state index in [2.05, 4.69) is 43.3 Å². The highest BCUT2D eigenvalue weighted by molar-refractivity contribution is 5.69. The smallest absolute Gasteiger partial charge is 0.305 e. The molecule has 0 aromatic carbocycles. The second-order valence-corrected chi connectivity index (χ2v) is 13.4. The number of unbranched alkanes of at least 4 members (excludes halogenated alkanes) is 20. The summed E-state index contributed by atoms with van der Waals surface area (Å²) in [7, 11) is 4.23. The van der Waals surface area contributed by atoms with Gasteiger partial charge in [-0.3, -0.25) is 15.0 Å². The van der Waals surface area contributed by atoms with E-state index in [1.165, 1.54) is 103 Å². The van der Waals surface area contributed by atoms with Crippen LogP contribution in [0.3, 0.4) is 0 Å². The van der Waals surface area contributed by atoms with Gasteiger partial charge in [-0.15, -0.1) is 0 Å². The van der Waals surface area contributed by atoms with Crippen LogP contribution < -0.4 is 5.43 Å². The van der Waals surface area contributed by atoms with Gasteiger partial charge in [0.1, 0.15) is 0 Å². The average Bonchev–Trinajstić information content (AvgIpc) is 3.02. The molecule has 0 spiro atoms. The first-order chi connectivity index (χ1) is 22.0. The zero-order chi connectivity index (χ0) is 33.1. The Morgan fingerprint density at radius 1 is 0.467 bits per heavy atom. The normalized spacial score (nSPS) is 11.5. The number of rotatable bonds is 36. The molecule has 0 fully saturated rings. The number of hydrogen-bond donors (Lipinski definition) is 1. The van der Waals surface area contributed by atoms with E-state index in [9.17, 15) is 9.59 Å². The van der Waals surface area contributed by atoms with Crippen molar-refractivity contribution in [1.29, 1.82) is 0 Å². The van der Waals surface area contributed by atoms with Crippen LogP contribution in [0.25, 0.3) is 0 Å². The zero-order valence-electron chi connectivity index (χ0n) is 30.7. The minimum atomic E-state index is -0.0134. The monoisotopic (exact) mass is 640 g/mol. The average molecular weight is 640 g/mol. The van der Waals surface area contributed by atoms with Gasteiger partial charge in [-0.1, -0.05) is 129 Å². The van der Waals surface area contributed by atoms with Crippen molar-refractivity contribution < 1.29 is 19.1 Å². The van der Waals surface area contributed by atoms with Crippen molar-refractivity contribution >= 4 is 11.9 Å². The Kier molecular flexibility index (Phi) is 34.7. The Hall–Kier alpha value is -1.18. The van der Waals surface area contributed by atoms with Crippen LogP contribution in [0.2, 0.25) is 0 Å². The molecule has 1 N–H and O–H groups in total. The maximum Gasteiger partial charge on any atom is 0.305 e. The Balaban J connectivity index is 3.78. The lowest BCUT2D eigenvalue weighted by Gasteiger charge is -2.24. The van der Waals surface area contributed by atoms with Crippen molar-refractivity contribution in [3.63, 3.8) is 0 Å². The number of hydrazine groups is 1. The molecule has 268 valence electrons. The molecule has 45 heavy (non-hydrogen) atoms. The fourth-order valence-electron chi connectivity index (χ4n) is 5.54. The SMILES string of the molecule is CCCCCCCCCC(=O)OCCCCCCCN(CCCCCCCOC(=O)CCCCCCCCC)NCCN(C)C. The summed E-state index contributed by atoms with van der Waals surface area (Å²) in [5.41, 5.74) is 3.64. The van der Waals surface area contributed by atoms with Gasteiger partial charge >= 0.3 is 11.9 Å². The number of ether oxygens (including phenoxy) is 2. The van der Waals surface area contributed by atoms with Crippen molar-refractivity contribution in [2.45, 2.75) is 181 Å². The lowest BCUT2D eigenvalue weighted by Crippen LogP contribution is -2.42. The highest BCUT2D eigenvalue weighted by Gasteiger charge is 2.06. The molecule has 0 saturated heterocycles. The summed E-state index contributed by atoms with van der Waals surface area (Å²) >= 11 is 0. The van der Waals surface area contributed by atoms with Gasteiger partial charge in [0, 0.05) is 39.0 Å². The number of carbonyl (C=O) groups excluding carboxylic acids is 2. The molecular formula is C38H77N3O4. The topological polar surface area (TPSA) is 71.1 Å². The van der Waals surface area contributed by atoms with Crippen molar-refractivity contribution in [1.82, 2.24) is 15.3 Å². The molecule has 0 aromatic rings. The van der Waals surface area contributed by atoms with Crippen LogP contribution in [-0.2, 0) is 19.1 Å². The number of hydrogen-bond acceptors (Lipinski definition) is 7. The quantitative estimate of drug-likeness (QED) is 0.0416. The number of nitrogens with one attached hydrogen (secondary N) is 1. The number of esters is 2. The first-order valence-corrected chi connectivity index (χ1v) is 19.4. The highest BCUT2D eigenvalue weighted by Crippen LogP contribution is 2.11. The molecule has 0 rings (SSSR count). The molecule has 0 heterocycles. The van der Waals surface area contributed by atoms with E-state index >= 15 is 0 Å². The predicted molar refractivity (Wildman–Crippen MR) is 191 cm³/mol. The van der Waals surface area contributed by atoms with Crippen molar-refractivity contribution in [3.05, 3.63) is 0 Å². The van der Waals surface area contributed by atoms with E-state index in [0.29, 0.717) is 26.1 Å². The fourth-order valence-corrected chi connectivity index (χ4v) is 5.54.